The van der Waals surface area contributed by atoms with Crippen LogP contribution in [0.3, 0.4) is 0 Å². The van der Waals surface area contributed by atoms with Gasteiger partial charge < -0.3 is 4.90 Å². The maximum atomic E-state index is 11.6. The van der Waals surface area contributed by atoms with Crippen molar-refractivity contribution >= 4 is 15.7 Å². The Kier molecular flexibility index (Phi) is 4.71. The number of nitrogens with zero attached hydrogens (tertiary/aromatic N) is 4. The monoisotopic (exact) mass is 364 g/mol. The summed E-state index contributed by atoms with van der Waals surface area (Å²) in [6, 6.07) is 2.78. The van der Waals surface area contributed by atoms with Gasteiger partial charge in [0.15, 0.2) is 5.82 Å². The predicted molar refractivity (Wildman–Crippen MR) is 98.7 cm³/mol. The van der Waals surface area contributed by atoms with Crippen LogP contribution >= 0.6 is 0 Å². The molecule has 1 aliphatic carbocycles. The van der Waals surface area contributed by atoms with Gasteiger partial charge in [-0.1, -0.05) is 0 Å². The number of fused-ring (bicyclic) bond motifs is 1. The van der Waals surface area contributed by atoms with Crippen LogP contribution in [0, 0.1) is 5.92 Å². The number of likely N-dealkylation sites (N-methyl/N-ethyl adjacent to an activating group) is 1. The Morgan fingerprint density at radius 1 is 1.16 bits per heavy atom. The van der Waals surface area contributed by atoms with Gasteiger partial charge in [0.1, 0.15) is 9.84 Å². The van der Waals surface area contributed by atoms with Crippen LogP contribution in [0.25, 0.3) is 0 Å². The second-order valence-corrected chi connectivity index (χ2v) is 10.3. The summed E-state index contributed by atoms with van der Waals surface area (Å²) in [5, 5.41) is 8.87. The maximum Gasteiger partial charge on any atom is 0.151 e. The minimum atomic E-state index is -2.76. The first kappa shape index (κ1) is 17.2. The number of sulfone groups is 1. The lowest BCUT2D eigenvalue weighted by Gasteiger charge is -2.45. The summed E-state index contributed by atoms with van der Waals surface area (Å²) in [6.07, 6.45) is 6.35. The van der Waals surface area contributed by atoms with Crippen molar-refractivity contribution in [3.05, 3.63) is 17.3 Å². The first-order valence-electron chi connectivity index (χ1n) is 9.51. The summed E-state index contributed by atoms with van der Waals surface area (Å²) in [5.41, 5.74) is 2.58. The first-order valence-corrected chi connectivity index (χ1v) is 11.3. The van der Waals surface area contributed by atoms with Gasteiger partial charge in [0.2, 0.25) is 0 Å². The minimum absolute atomic E-state index is 0.368. The molecule has 0 radical (unpaired) electrons. The van der Waals surface area contributed by atoms with Crippen LogP contribution in [-0.2, 0) is 22.7 Å². The molecule has 0 aromatic carbocycles. The molecule has 0 bridgehead atoms. The lowest BCUT2D eigenvalue weighted by molar-refractivity contribution is 0.171. The second-order valence-electron chi connectivity index (χ2n) is 7.98. The Morgan fingerprint density at radius 2 is 1.88 bits per heavy atom. The number of rotatable bonds is 4. The molecule has 7 heteroatoms. The molecule has 0 atom stereocenters. The molecule has 3 heterocycles. The van der Waals surface area contributed by atoms with Gasteiger partial charge in [-0.05, 0) is 63.1 Å². The summed E-state index contributed by atoms with van der Waals surface area (Å²) >= 11 is 0. The fourth-order valence-corrected chi connectivity index (χ4v) is 5.82. The molecule has 138 valence electrons. The van der Waals surface area contributed by atoms with E-state index >= 15 is 0 Å². The van der Waals surface area contributed by atoms with Crippen LogP contribution < -0.4 is 4.90 Å². The molecule has 0 N–H and O–H groups in total. The lowest BCUT2D eigenvalue weighted by Crippen LogP contribution is -2.59. The fourth-order valence-electron chi connectivity index (χ4n) is 4.23. The molecule has 0 spiro atoms. The highest BCUT2D eigenvalue weighted by atomic mass is 32.2. The highest BCUT2D eigenvalue weighted by Gasteiger charge is 2.33. The summed E-state index contributed by atoms with van der Waals surface area (Å²) < 4.78 is 23.1. The molecule has 4 rings (SSSR count). The summed E-state index contributed by atoms with van der Waals surface area (Å²) in [6.45, 7) is 2.99. The third-order valence-corrected chi connectivity index (χ3v) is 7.80. The quantitative estimate of drug-likeness (QED) is 0.802. The van der Waals surface area contributed by atoms with Crippen molar-refractivity contribution in [2.24, 2.45) is 5.92 Å². The molecule has 0 amide bonds. The zero-order valence-electron chi connectivity index (χ0n) is 15.0. The number of aryl methyl sites for hydroxylation is 2. The molecule has 6 nitrogen and oxygen atoms in total. The van der Waals surface area contributed by atoms with E-state index in [1.807, 2.05) is 0 Å². The maximum absolute atomic E-state index is 11.6. The highest BCUT2D eigenvalue weighted by molar-refractivity contribution is 7.91. The molecular weight excluding hydrogens is 336 g/mol. The van der Waals surface area contributed by atoms with Gasteiger partial charge in [0.25, 0.3) is 0 Å². The van der Waals surface area contributed by atoms with E-state index < -0.39 is 9.84 Å². The second kappa shape index (κ2) is 6.83. The van der Waals surface area contributed by atoms with E-state index in [1.54, 1.807) is 0 Å². The van der Waals surface area contributed by atoms with E-state index in [1.165, 1.54) is 24.1 Å². The predicted octanol–water partition coefficient (Wildman–Crippen LogP) is 1.30. The van der Waals surface area contributed by atoms with Gasteiger partial charge >= 0.3 is 0 Å². The molecular formula is C18H28N4O2S. The zero-order chi connectivity index (χ0) is 17.4. The Balaban J connectivity index is 1.28. The van der Waals surface area contributed by atoms with Crippen LogP contribution in [0.4, 0.5) is 5.82 Å². The van der Waals surface area contributed by atoms with Crippen molar-refractivity contribution in [2.75, 3.05) is 43.1 Å². The Labute approximate surface area is 150 Å². The fraction of sp³-hybridized carbons (Fsp3) is 0.778. The minimum Gasteiger partial charge on any atom is -0.352 e. The molecule has 2 aliphatic heterocycles. The van der Waals surface area contributed by atoms with E-state index in [0.29, 0.717) is 23.5 Å². The topological polar surface area (TPSA) is 66.4 Å². The van der Waals surface area contributed by atoms with Crippen molar-refractivity contribution in [3.8, 4) is 0 Å². The van der Waals surface area contributed by atoms with Crippen LogP contribution in [0.15, 0.2) is 6.07 Å². The zero-order valence-corrected chi connectivity index (χ0v) is 15.8. The molecule has 2 fully saturated rings. The van der Waals surface area contributed by atoms with Crippen LogP contribution in [0.5, 0.6) is 0 Å². The average Bonchev–Trinajstić information content (AvgIpc) is 2.55. The number of aromatic nitrogens is 2. The largest absolute Gasteiger partial charge is 0.352 e. The van der Waals surface area contributed by atoms with E-state index in [4.69, 9.17) is 0 Å². The van der Waals surface area contributed by atoms with Crippen molar-refractivity contribution in [2.45, 2.75) is 44.6 Å². The number of hydrogen-bond donors (Lipinski definition) is 0. The normalized spacial score (nSPS) is 24.2. The number of hydrogen-bond acceptors (Lipinski definition) is 6. The molecule has 1 aromatic heterocycles. The van der Waals surface area contributed by atoms with Crippen molar-refractivity contribution in [1.82, 2.24) is 15.1 Å². The molecule has 0 saturated carbocycles. The lowest BCUT2D eigenvalue weighted by atomic mass is 9.96. The van der Waals surface area contributed by atoms with Gasteiger partial charge in [0.05, 0.1) is 17.2 Å². The van der Waals surface area contributed by atoms with Crippen molar-refractivity contribution < 1.29 is 8.42 Å². The van der Waals surface area contributed by atoms with E-state index in [2.05, 4.69) is 33.1 Å². The molecule has 1 aromatic rings. The van der Waals surface area contributed by atoms with E-state index in [9.17, 15) is 8.42 Å². The van der Waals surface area contributed by atoms with E-state index in [-0.39, 0.29) is 0 Å². The van der Waals surface area contributed by atoms with E-state index in [0.717, 1.165) is 51.1 Å². The van der Waals surface area contributed by atoms with Crippen LogP contribution in [0.2, 0.25) is 0 Å². The van der Waals surface area contributed by atoms with Gasteiger partial charge in [-0.3, -0.25) is 4.90 Å². The standard InChI is InChI=1S/C18H28N4O2S/c1-21(11-14-6-8-25(23,24)9-7-14)16-12-22(13-16)18-10-15-4-2-3-5-17(15)19-20-18/h10,14,16H,2-9,11-13H2,1H3. The summed E-state index contributed by atoms with van der Waals surface area (Å²) in [5.74, 6) is 2.28. The van der Waals surface area contributed by atoms with Crippen molar-refractivity contribution in [1.29, 1.82) is 0 Å². The molecule has 2 saturated heterocycles. The highest BCUT2D eigenvalue weighted by Crippen LogP contribution is 2.27. The van der Waals surface area contributed by atoms with Crippen LogP contribution in [-0.4, -0.2) is 67.7 Å². The van der Waals surface area contributed by atoms with Crippen molar-refractivity contribution in [3.63, 3.8) is 0 Å². The molecule has 25 heavy (non-hydrogen) atoms. The van der Waals surface area contributed by atoms with Gasteiger partial charge in [-0.25, -0.2) is 8.42 Å². The number of anilines is 1. The van der Waals surface area contributed by atoms with Gasteiger partial charge in [0, 0.05) is 25.7 Å². The average molecular weight is 365 g/mol. The third kappa shape index (κ3) is 3.82. The Hall–Kier alpha value is -1.21. The van der Waals surface area contributed by atoms with Gasteiger partial charge in [-0.2, -0.15) is 5.10 Å². The van der Waals surface area contributed by atoms with Gasteiger partial charge in [-0.15, -0.1) is 5.10 Å². The Bertz CT molecular complexity index is 717. The molecule has 0 unspecified atom stereocenters. The molecule has 3 aliphatic rings. The van der Waals surface area contributed by atoms with Crippen LogP contribution in [0.1, 0.15) is 36.9 Å². The summed E-state index contributed by atoms with van der Waals surface area (Å²) in [7, 11) is -0.587. The Morgan fingerprint density at radius 3 is 2.64 bits per heavy atom. The SMILES string of the molecule is CN(CC1CCS(=O)(=O)CC1)C1CN(c2cc3c(nn2)CCCC3)C1. The summed E-state index contributed by atoms with van der Waals surface area (Å²) in [4.78, 5) is 4.72. The smallest absolute Gasteiger partial charge is 0.151 e. The first-order chi connectivity index (χ1) is 12.0. The third-order valence-electron chi connectivity index (χ3n) is 6.09.